The molecule has 0 fully saturated rings. The molecule has 0 bridgehead atoms. The van der Waals surface area contributed by atoms with Crippen LogP contribution in [-0.4, -0.2) is 34.5 Å². The number of carbonyl (C=O) groups excluding carboxylic acids is 2. The van der Waals surface area contributed by atoms with Gasteiger partial charge in [-0.05, 0) is 26.3 Å². The second kappa shape index (κ2) is 7.92. The molecule has 0 aliphatic rings. The highest BCUT2D eigenvalue weighted by Crippen LogP contribution is 2.22. The predicted octanol–water partition coefficient (Wildman–Crippen LogP) is 2.91. The summed E-state index contributed by atoms with van der Waals surface area (Å²) in [5.41, 5.74) is 1.94. The molecular weight excluding hydrogens is 314 g/mol. The van der Waals surface area contributed by atoms with Crippen LogP contribution in [0.25, 0.3) is 11.3 Å². The third-order valence-electron chi connectivity index (χ3n) is 3.28. The fourth-order valence-corrected chi connectivity index (χ4v) is 2.81. The van der Waals surface area contributed by atoms with E-state index in [-0.39, 0.29) is 18.6 Å². The zero-order valence-corrected chi connectivity index (χ0v) is 14.3. The van der Waals surface area contributed by atoms with Gasteiger partial charge in [-0.15, -0.1) is 11.3 Å². The first-order valence-electron chi connectivity index (χ1n) is 7.57. The fraction of sp³-hybridized carbons (Fsp3) is 0.438. The van der Waals surface area contributed by atoms with E-state index in [4.69, 9.17) is 4.74 Å². The molecule has 2 aromatic heterocycles. The lowest BCUT2D eigenvalue weighted by atomic mass is 10.2. The number of rotatable bonds is 7. The summed E-state index contributed by atoms with van der Waals surface area (Å²) in [7, 11) is 0. The van der Waals surface area contributed by atoms with Crippen molar-refractivity contribution in [3.63, 3.8) is 0 Å². The molecule has 23 heavy (non-hydrogen) atoms. The van der Waals surface area contributed by atoms with Crippen LogP contribution in [0.4, 0.5) is 0 Å². The molecule has 124 valence electrons. The lowest BCUT2D eigenvalue weighted by Gasteiger charge is -2.12. The molecule has 0 saturated heterocycles. The molecular formula is C16H21N3O3S. The summed E-state index contributed by atoms with van der Waals surface area (Å²) in [6.45, 7) is 5.62. The van der Waals surface area contributed by atoms with Crippen molar-refractivity contribution < 1.29 is 14.3 Å². The Labute approximate surface area is 139 Å². The maximum absolute atomic E-state index is 12.0. The quantitative estimate of drug-likeness (QED) is 0.762. The molecule has 0 aromatic carbocycles. The molecule has 7 heteroatoms. The number of aryl methyl sites for hydroxylation is 1. The Bertz CT molecular complexity index is 678. The van der Waals surface area contributed by atoms with E-state index in [2.05, 4.69) is 22.2 Å². The number of thiazole rings is 1. The van der Waals surface area contributed by atoms with Gasteiger partial charge in [-0.1, -0.05) is 13.3 Å². The molecule has 0 saturated carbocycles. The smallest absolute Gasteiger partial charge is 0.355 e. The van der Waals surface area contributed by atoms with Gasteiger partial charge in [-0.3, -0.25) is 4.79 Å². The predicted molar refractivity (Wildman–Crippen MR) is 89.4 cm³/mol. The third kappa shape index (κ3) is 4.92. The van der Waals surface area contributed by atoms with Gasteiger partial charge in [-0.2, -0.15) is 0 Å². The molecule has 0 radical (unpaired) electrons. The van der Waals surface area contributed by atoms with E-state index in [1.165, 1.54) is 0 Å². The van der Waals surface area contributed by atoms with E-state index >= 15 is 0 Å². The number of nitrogens with zero attached hydrogens (tertiary/aromatic N) is 1. The van der Waals surface area contributed by atoms with Crippen molar-refractivity contribution >= 4 is 23.2 Å². The van der Waals surface area contributed by atoms with Gasteiger partial charge in [-0.25, -0.2) is 9.78 Å². The number of esters is 1. The van der Waals surface area contributed by atoms with Crippen molar-refractivity contribution in [1.29, 1.82) is 0 Å². The highest BCUT2D eigenvalue weighted by molar-refractivity contribution is 7.09. The summed E-state index contributed by atoms with van der Waals surface area (Å²) in [6, 6.07) is 1.75. The van der Waals surface area contributed by atoms with Gasteiger partial charge in [0.1, 0.15) is 5.69 Å². The van der Waals surface area contributed by atoms with E-state index in [1.54, 1.807) is 23.6 Å². The van der Waals surface area contributed by atoms with Gasteiger partial charge in [0.25, 0.3) is 5.91 Å². The van der Waals surface area contributed by atoms with Crippen LogP contribution in [0.1, 0.15) is 42.2 Å². The van der Waals surface area contributed by atoms with Crippen LogP contribution in [0.15, 0.2) is 17.6 Å². The second-order valence-corrected chi connectivity index (χ2v) is 6.45. The van der Waals surface area contributed by atoms with Crippen LogP contribution in [-0.2, 0) is 9.53 Å². The number of hydrogen-bond donors (Lipinski definition) is 2. The number of nitrogens with one attached hydrogen (secondary N) is 2. The van der Waals surface area contributed by atoms with Crippen molar-refractivity contribution in [3.05, 3.63) is 28.3 Å². The first kappa shape index (κ1) is 17.2. The lowest BCUT2D eigenvalue weighted by molar-refractivity contribution is -0.124. The highest BCUT2D eigenvalue weighted by Gasteiger charge is 2.14. The zero-order chi connectivity index (χ0) is 16.8. The summed E-state index contributed by atoms with van der Waals surface area (Å²) < 4.78 is 5.02. The minimum Gasteiger partial charge on any atom is -0.451 e. The number of aromatic amines is 1. The summed E-state index contributed by atoms with van der Waals surface area (Å²) in [5.74, 6) is -0.845. The fourth-order valence-electron chi connectivity index (χ4n) is 2.19. The third-order valence-corrected chi connectivity index (χ3v) is 4.05. The van der Waals surface area contributed by atoms with E-state index in [9.17, 15) is 9.59 Å². The Balaban J connectivity index is 1.87. The lowest BCUT2D eigenvalue weighted by Crippen LogP contribution is -2.35. The first-order chi connectivity index (χ1) is 11.0. The van der Waals surface area contributed by atoms with Gasteiger partial charge in [0.15, 0.2) is 6.61 Å². The van der Waals surface area contributed by atoms with Crippen LogP contribution in [0.2, 0.25) is 0 Å². The average Bonchev–Trinajstić information content (AvgIpc) is 3.13. The molecule has 0 aliphatic heterocycles. The number of amides is 1. The molecule has 2 rings (SSSR count). The molecule has 0 aliphatic carbocycles. The van der Waals surface area contributed by atoms with Gasteiger partial charge in [0, 0.05) is 23.2 Å². The van der Waals surface area contributed by atoms with Crippen LogP contribution < -0.4 is 5.32 Å². The largest absolute Gasteiger partial charge is 0.451 e. The topological polar surface area (TPSA) is 84.1 Å². The SMILES string of the molecule is CCC[C@H](C)NC(=O)COC(=O)c1cc(-c2csc(C)n2)c[nH]1. The van der Waals surface area contributed by atoms with E-state index in [1.807, 2.05) is 19.2 Å². The monoisotopic (exact) mass is 335 g/mol. The van der Waals surface area contributed by atoms with Crippen LogP contribution >= 0.6 is 11.3 Å². The minimum atomic E-state index is -0.554. The summed E-state index contributed by atoms with van der Waals surface area (Å²) in [5, 5.41) is 5.67. The average molecular weight is 335 g/mol. The molecule has 6 nitrogen and oxygen atoms in total. The van der Waals surface area contributed by atoms with E-state index in [0.29, 0.717) is 5.69 Å². The van der Waals surface area contributed by atoms with Gasteiger partial charge in [0.05, 0.1) is 10.7 Å². The van der Waals surface area contributed by atoms with Crippen molar-refractivity contribution in [2.24, 2.45) is 0 Å². The first-order valence-corrected chi connectivity index (χ1v) is 8.45. The maximum Gasteiger partial charge on any atom is 0.355 e. The molecule has 2 N–H and O–H groups in total. The van der Waals surface area contributed by atoms with Crippen LogP contribution in [0.5, 0.6) is 0 Å². The highest BCUT2D eigenvalue weighted by atomic mass is 32.1. The summed E-state index contributed by atoms with van der Waals surface area (Å²) in [4.78, 5) is 30.9. The normalized spacial score (nSPS) is 12.0. The van der Waals surface area contributed by atoms with Gasteiger partial charge < -0.3 is 15.0 Å². The minimum absolute atomic E-state index is 0.0798. The Morgan fingerprint density at radius 3 is 2.91 bits per heavy atom. The van der Waals surface area contributed by atoms with Crippen LogP contribution in [0, 0.1) is 6.92 Å². The molecule has 2 heterocycles. The van der Waals surface area contributed by atoms with E-state index in [0.717, 1.165) is 29.1 Å². The number of ether oxygens (including phenoxy) is 1. The number of hydrogen-bond acceptors (Lipinski definition) is 5. The Morgan fingerprint density at radius 1 is 1.48 bits per heavy atom. The molecule has 0 unspecified atom stereocenters. The number of aromatic nitrogens is 2. The van der Waals surface area contributed by atoms with Gasteiger partial charge >= 0.3 is 5.97 Å². The standard InChI is InChI=1S/C16H21N3O3S/c1-4-5-10(2)18-15(20)8-22-16(21)13-6-12(7-17-13)14-9-23-11(3)19-14/h6-7,9-10,17H,4-5,8H2,1-3H3,(H,18,20)/t10-/m0/s1. The summed E-state index contributed by atoms with van der Waals surface area (Å²) in [6.07, 6.45) is 3.59. The van der Waals surface area contributed by atoms with Gasteiger partial charge in [0.2, 0.25) is 0 Å². The van der Waals surface area contributed by atoms with E-state index < -0.39 is 5.97 Å². The summed E-state index contributed by atoms with van der Waals surface area (Å²) >= 11 is 1.55. The van der Waals surface area contributed by atoms with Crippen molar-refractivity contribution in [1.82, 2.24) is 15.3 Å². The Hall–Kier alpha value is -2.15. The van der Waals surface area contributed by atoms with Crippen molar-refractivity contribution in [2.45, 2.75) is 39.7 Å². The zero-order valence-electron chi connectivity index (χ0n) is 13.5. The van der Waals surface area contributed by atoms with Crippen molar-refractivity contribution in [3.8, 4) is 11.3 Å². The maximum atomic E-state index is 12.0. The van der Waals surface area contributed by atoms with Crippen molar-refractivity contribution in [2.75, 3.05) is 6.61 Å². The molecule has 1 atom stereocenters. The molecule has 1 amide bonds. The van der Waals surface area contributed by atoms with Crippen LogP contribution in [0.3, 0.4) is 0 Å². The molecule has 2 aromatic rings. The Kier molecular flexibility index (Phi) is 5.92. The molecule has 0 spiro atoms. The second-order valence-electron chi connectivity index (χ2n) is 5.39. The number of carbonyl (C=O) groups is 2. The number of H-pyrrole nitrogens is 1. The Morgan fingerprint density at radius 2 is 2.26 bits per heavy atom.